The van der Waals surface area contributed by atoms with Crippen LogP contribution in [0.4, 0.5) is 0 Å². The average molecular weight is 372 g/mol. The van der Waals surface area contributed by atoms with E-state index in [1.165, 1.54) is 22.4 Å². The molecule has 1 aromatic heterocycles. The third-order valence-corrected chi connectivity index (χ3v) is 5.87. The van der Waals surface area contributed by atoms with Gasteiger partial charge in [-0.25, -0.2) is 4.98 Å². The number of benzene rings is 1. The van der Waals surface area contributed by atoms with Gasteiger partial charge in [-0.05, 0) is 37.8 Å². The first-order valence-corrected chi connectivity index (χ1v) is 10.1. The lowest BCUT2D eigenvalue weighted by atomic mass is 10.00. The Hall–Kier alpha value is -1.92. The second-order valence-corrected chi connectivity index (χ2v) is 8.03. The molecule has 1 aliphatic rings. The molecule has 26 heavy (non-hydrogen) atoms. The molecule has 1 aliphatic heterocycles. The number of guanidine groups is 1. The van der Waals surface area contributed by atoms with E-state index >= 15 is 0 Å². The number of nitrogens with zero attached hydrogens (tertiary/aromatic N) is 3. The Morgan fingerprint density at radius 3 is 2.77 bits per heavy atom. The SMILES string of the molecule is CN=C(NCCCN1CCc2ccccc2C1)NCc1sc(C)nc1C. The molecule has 0 bridgehead atoms. The Kier molecular flexibility index (Phi) is 6.63. The summed E-state index contributed by atoms with van der Waals surface area (Å²) in [6.45, 7) is 9.17. The fourth-order valence-corrected chi connectivity index (χ4v) is 4.25. The number of fused-ring (bicyclic) bond motifs is 1. The van der Waals surface area contributed by atoms with Gasteiger partial charge in [0.15, 0.2) is 5.96 Å². The minimum atomic E-state index is 0.778. The summed E-state index contributed by atoms with van der Waals surface area (Å²) in [5.41, 5.74) is 4.11. The fourth-order valence-electron chi connectivity index (χ4n) is 3.38. The van der Waals surface area contributed by atoms with Crippen molar-refractivity contribution in [2.45, 2.75) is 39.8 Å². The highest BCUT2D eigenvalue weighted by atomic mass is 32.1. The molecule has 0 amide bonds. The minimum absolute atomic E-state index is 0.778. The molecule has 0 radical (unpaired) electrons. The number of hydrogen-bond acceptors (Lipinski definition) is 4. The van der Waals surface area contributed by atoms with E-state index in [9.17, 15) is 0 Å². The molecule has 3 rings (SSSR count). The third kappa shape index (κ3) is 5.05. The molecule has 1 aromatic carbocycles. The number of hydrogen-bond donors (Lipinski definition) is 2. The molecule has 0 fully saturated rings. The largest absolute Gasteiger partial charge is 0.356 e. The molecule has 140 valence electrons. The van der Waals surface area contributed by atoms with Gasteiger partial charge in [0.1, 0.15) is 0 Å². The Morgan fingerprint density at radius 2 is 2.04 bits per heavy atom. The van der Waals surface area contributed by atoms with Crippen molar-refractivity contribution in [3.63, 3.8) is 0 Å². The van der Waals surface area contributed by atoms with Crippen molar-refractivity contribution >= 4 is 17.3 Å². The highest BCUT2D eigenvalue weighted by molar-refractivity contribution is 7.11. The maximum atomic E-state index is 4.47. The first kappa shape index (κ1) is 18.9. The van der Waals surface area contributed by atoms with Crippen LogP contribution in [-0.2, 0) is 19.5 Å². The summed E-state index contributed by atoms with van der Waals surface area (Å²) in [7, 11) is 1.82. The van der Waals surface area contributed by atoms with Gasteiger partial charge in [0.25, 0.3) is 0 Å². The Labute approximate surface area is 160 Å². The van der Waals surface area contributed by atoms with Gasteiger partial charge < -0.3 is 10.6 Å². The van der Waals surface area contributed by atoms with Crippen molar-refractivity contribution < 1.29 is 0 Å². The summed E-state index contributed by atoms with van der Waals surface area (Å²) in [6.07, 6.45) is 2.28. The van der Waals surface area contributed by atoms with Crippen LogP contribution < -0.4 is 10.6 Å². The summed E-state index contributed by atoms with van der Waals surface area (Å²) >= 11 is 1.75. The van der Waals surface area contributed by atoms with Crippen molar-refractivity contribution in [1.82, 2.24) is 20.5 Å². The zero-order valence-electron chi connectivity index (χ0n) is 16.0. The maximum absolute atomic E-state index is 4.47. The lowest BCUT2D eigenvalue weighted by molar-refractivity contribution is 0.251. The smallest absolute Gasteiger partial charge is 0.191 e. The zero-order valence-corrected chi connectivity index (χ0v) is 16.8. The molecular weight excluding hydrogens is 342 g/mol. The maximum Gasteiger partial charge on any atom is 0.191 e. The van der Waals surface area contributed by atoms with Gasteiger partial charge in [-0.1, -0.05) is 24.3 Å². The number of rotatable bonds is 6. The summed E-state index contributed by atoms with van der Waals surface area (Å²) in [6, 6.07) is 8.81. The van der Waals surface area contributed by atoms with Crippen LogP contribution >= 0.6 is 11.3 Å². The number of aromatic nitrogens is 1. The third-order valence-electron chi connectivity index (χ3n) is 4.79. The standard InChI is InChI=1S/C20H29N5S/c1-15-19(26-16(2)24-15)13-23-20(21-3)22-10-6-11-25-12-9-17-7-4-5-8-18(17)14-25/h4-5,7-8H,6,9-14H2,1-3H3,(H2,21,22,23). The molecule has 2 aromatic rings. The fraction of sp³-hybridized carbons (Fsp3) is 0.500. The quantitative estimate of drug-likeness (QED) is 0.466. The van der Waals surface area contributed by atoms with Gasteiger partial charge in [0.2, 0.25) is 0 Å². The zero-order chi connectivity index (χ0) is 18.4. The molecule has 0 saturated heterocycles. The Balaban J connectivity index is 1.37. The van der Waals surface area contributed by atoms with Crippen LogP contribution in [0, 0.1) is 13.8 Å². The second kappa shape index (κ2) is 9.14. The molecule has 0 atom stereocenters. The number of aliphatic imine (C=N–C) groups is 1. The summed E-state index contributed by atoms with van der Waals surface area (Å²) in [5, 5.41) is 7.92. The molecule has 2 N–H and O–H groups in total. The molecule has 0 spiro atoms. The van der Waals surface area contributed by atoms with Crippen LogP contribution in [0.3, 0.4) is 0 Å². The molecule has 6 heteroatoms. The van der Waals surface area contributed by atoms with Gasteiger partial charge >= 0.3 is 0 Å². The van der Waals surface area contributed by atoms with Crippen molar-refractivity contribution in [1.29, 1.82) is 0 Å². The van der Waals surface area contributed by atoms with E-state index < -0.39 is 0 Å². The van der Waals surface area contributed by atoms with E-state index in [1.807, 2.05) is 14.0 Å². The topological polar surface area (TPSA) is 52.6 Å². The highest BCUT2D eigenvalue weighted by Crippen LogP contribution is 2.18. The van der Waals surface area contributed by atoms with E-state index in [0.717, 1.165) is 55.8 Å². The van der Waals surface area contributed by atoms with Gasteiger partial charge in [0.05, 0.1) is 17.2 Å². The van der Waals surface area contributed by atoms with Crippen molar-refractivity contribution in [3.8, 4) is 0 Å². The highest BCUT2D eigenvalue weighted by Gasteiger charge is 2.14. The molecular formula is C20H29N5S. The second-order valence-electron chi connectivity index (χ2n) is 6.74. The van der Waals surface area contributed by atoms with Gasteiger partial charge in [-0.3, -0.25) is 9.89 Å². The normalized spacial score (nSPS) is 15.0. The number of aryl methyl sites for hydroxylation is 2. The van der Waals surface area contributed by atoms with Crippen LogP contribution in [0.1, 0.15) is 33.1 Å². The first-order chi connectivity index (χ1) is 12.7. The summed E-state index contributed by atoms with van der Waals surface area (Å²) < 4.78 is 0. The van der Waals surface area contributed by atoms with Gasteiger partial charge in [-0.15, -0.1) is 11.3 Å². The molecule has 5 nitrogen and oxygen atoms in total. The number of nitrogens with one attached hydrogen (secondary N) is 2. The van der Waals surface area contributed by atoms with Crippen LogP contribution in [0.25, 0.3) is 0 Å². The average Bonchev–Trinajstić information content (AvgIpc) is 2.98. The molecule has 0 saturated carbocycles. The van der Waals surface area contributed by atoms with E-state index in [1.54, 1.807) is 11.3 Å². The molecule has 0 aliphatic carbocycles. The summed E-state index contributed by atoms with van der Waals surface area (Å²) in [5.74, 6) is 0.861. The first-order valence-electron chi connectivity index (χ1n) is 9.32. The Bertz CT molecular complexity index is 752. The predicted molar refractivity (Wildman–Crippen MR) is 110 cm³/mol. The van der Waals surface area contributed by atoms with E-state index in [4.69, 9.17) is 0 Å². The van der Waals surface area contributed by atoms with Crippen molar-refractivity contribution in [2.24, 2.45) is 4.99 Å². The van der Waals surface area contributed by atoms with E-state index in [-0.39, 0.29) is 0 Å². The number of thiazole rings is 1. The van der Waals surface area contributed by atoms with Crippen molar-refractivity contribution in [2.75, 3.05) is 26.7 Å². The lowest BCUT2D eigenvalue weighted by Gasteiger charge is -2.28. The van der Waals surface area contributed by atoms with Crippen LogP contribution in [0.15, 0.2) is 29.3 Å². The van der Waals surface area contributed by atoms with Gasteiger partial charge in [0, 0.05) is 38.1 Å². The van der Waals surface area contributed by atoms with Crippen LogP contribution in [0.5, 0.6) is 0 Å². The van der Waals surface area contributed by atoms with Gasteiger partial charge in [-0.2, -0.15) is 0 Å². The lowest BCUT2D eigenvalue weighted by Crippen LogP contribution is -2.39. The Morgan fingerprint density at radius 1 is 1.23 bits per heavy atom. The van der Waals surface area contributed by atoms with E-state index in [0.29, 0.717) is 0 Å². The summed E-state index contributed by atoms with van der Waals surface area (Å²) in [4.78, 5) is 12.6. The molecule has 0 unspecified atom stereocenters. The van der Waals surface area contributed by atoms with Crippen LogP contribution in [-0.4, -0.2) is 42.5 Å². The van der Waals surface area contributed by atoms with E-state index in [2.05, 4.69) is 56.7 Å². The minimum Gasteiger partial charge on any atom is -0.356 e. The molecule has 2 heterocycles. The predicted octanol–water partition coefficient (Wildman–Crippen LogP) is 2.87. The van der Waals surface area contributed by atoms with Crippen LogP contribution in [0.2, 0.25) is 0 Å². The van der Waals surface area contributed by atoms with Crippen molar-refractivity contribution in [3.05, 3.63) is 51.0 Å². The monoisotopic (exact) mass is 371 g/mol.